The summed E-state index contributed by atoms with van der Waals surface area (Å²) < 4.78 is 37.8. The van der Waals surface area contributed by atoms with Crippen molar-refractivity contribution in [1.82, 2.24) is 15.3 Å². The molecule has 0 aliphatic rings. The fourth-order valence-corrected chi connectivity index (χ4v) is 5.60. The summed E-state index contributed by atoms with van der Waals surface area (Å²) in [5.41, 5.74) is -0.291. The molecule has 6 nitrogen and oxygen atoms in total. The molecule has 0 saturated heterocycles. The fraction of sp³-hybridized carbons (Fsp3) is 0.304. The van der Waals surface area contributed by atoms with Gasteiger partial charge in [-0.2, -0.15) is 0 Å². The number of hydrogen-bond acceptors (Lipinski definition) is 6. The van der Waals surface area contributed by atoms with Crippen LogP contribution in [-0.2, 0) is 11.2 Å². The average Bonchev–Trinajstić information content (AvgIpc) is 3.31. The molecule has 180 valence electrons. The lowest BCUT2D eigenvalue weighted by atomic mass is 10.1. The summed E-state index contributed by atoms with van der Waals surface area (Å²) in [6.45, 7) is 4.84. The number of amides is 1. The lowest BCUT2D eigenvalue weighted by Gasteiger charge is -2.10. The van der Waals surface area contributed by atoms with E-state index in [4.69, 9.17) is 16.3 Å². The fourth-order valence-electron chi connectivity index (χ4n) is 3.59. The highest BCUT2D eigenvalue weighted by Crippen LogP contribution is 2.32. The number of thioether (sulfide) groups is 1. The molecular formula is C23H22ClF2N3O3S2. The van der Waals surface area contributed by atoms with Crippen LogP contribution in [0, 0.1) is 6.92 Å². The lowest BCUT2D eigenvalue weighted by molar-refractivity contribution is -0.118. The Kier molecular flexibility index (Phi) is 7.49. The third kappa shape index (κ3) is 6.11. The van der Waals surface area contributed by atoms with Gasteiger partial charge in [-0.1, -0.05) is 11.8 Å². The number of thiazole rings is 1. The molecule has 2 heterocycles. The van der Waals surface area contributed by atoms with Crippen LogP contribution in [0.4, 0.5) is 8.78 Å². The van der Waals surface area contributed by atoms with Gasteiger partial charge in [0, 0.05) is 34.7 Å². The summed E-state index contributed by atoms with van der Waals surface area (Å²) >= 11 is 7.78. The van der Waals surface area contributed by atoms with Crippen LogP contribution in [0.2, 0.25) is 0 Å². The Bertz CT molecular complexity index is 1320. The first-order chi connectivity index (χ1) is 16.2. The van der Waals surface area contributed by atoms with Crippen LogP contribution in [0.15, 0.2) is 40.7 Å². The second kappa shape index (κ2) is 10.4. The molecule has 4 aromatic rings. The minimum Gasteiger partial charge on any atom is -0.494 e. The number of alkyl halides is 3. The highest BCUT2D eigenvalue weighted by molar-refractivity contribution is 8.01. The van der Waals surface area contributed by atoms with Gasteiger partial charge in [-0.25, -0.2) is 4.98 Å². The van der Waals surface area contributed by atoms with E-state index in [0.29, 0.717) is 19.6 Å². The van der Waals surface area contributed by atoms with Crippen LogP contribution in [0.5, 0.6) is 11.5 Å². The summed E-state index contributed by atoms with van der Waals surface area (Å²) in [5, 5.41) is 3.66. The number of rotatable bonds is 10. The van der Waals surface area contributed by atoms with Gasteiger partial charge >= 0.3 is 5.57 Å². The summed E-state index contributed by atoms with van der Waals surface area (Å²) in [7, 11) is 0. The SMILES string of the molecule is CCOc1ccc2nc(SCC(=O)NCCc3c(C)[nH]c4ccc(OC(F)(F)Cl)cc34)sc2c1. The maximum absolute atomic E-state index is 13.0. The van der Waals surface area contributed by atoms with Gasteiger partial charge in [-0.15, -0.1) is 20.1 Å². The zero-order chi connectivity index (χ0) is 24.3. The van der Waals surface area contributed by atoms with Gasteiger partial charge in [0.05, 0.1) is 22.6 Å². The van der Waals surface area contributed by atoms with E-state index in [9.17, 15) is 13.6 Å². The number of carbonyl (C=O) groups is 1. The first-order valence-corrected chi connectivity index (χ1v) is 12.7. The van der Waals surface area contributed by atoms with Crippen LogP contribution in [0.3, 0.4) is 0 Å². The number of halogens is 3. The molecule has 4 rings (SSSR count). The number of nitrogens with one attached hydrogen (secondary N) is 2. The van der Waals surface area contributed by atoms with Crippen molar-refractivity contribution in [2.75, 3.05) is 18.9 Å². The Balaban J connectivity index is 1.32. The van der Waals surface area contributed by atoms with E-state index in [0.717, 1.165) is 42.5 Å². The zero-order valence-corrected chi connectivity index (χ0v) is 20.8. The van der Waals surface area contributed by atoms with Crippen molar-refractivity contribution in [1.29, 1.82) is 0 Å². The van der Waals surface area contributed by atoms with Crippen molar-refractivity contribution >= 4 is 61.7 Å². The Morgan fingerprint density at radius 1 is 1.26 bits per heavy atom. The quantitative estimate of drug-likeness (QED) is 0.193. The predicted octanol–water partition coefficient (Wildman–Crippen LogP) is 6.10. The number of benzene rings is 2. The van der Waals surface area contributed by atoms with Crippen LogP contribution >= 0.6 is 34.7 Å². The molecule has 0 fully saturated rings. The van der Waals surface area contributed by atoms with E-state index >= 15 is 0 Å². The van der Waals surface area contributed by atoms with Crippen LogP contribution in [0.1, 0.15) is 18.2 Å². The molecule has 0 radical (unpaired) electrons. The monoisotopic (exact) mass is 525 g/mol. The highest BCUT2D eigenvalue weighted by Gasteiger charge is 2.27. The second-order valence-corrected chi connectivity index (χ2v) is 10.1. The molecule has 0 saturated carbocycles. The van der Waals surface area contributed by atoms with E-state index in [1.807, 2.05) is 32.0 Å². The molecule has 2 N–H and O–H groups in total. The van der Waals surface area contributed by atoms with Gasteiger partial charge in [-0.05, 0) is 62.2 Å². The number of aromatic amines is 1. The maximum atomic E-state index is 13.0. The third-order valence-corrected chi connectivity index (χ3v) is 7.24. The number of fused-ring (bicyclic) bond motifs is 2. The minimum atomic E-state index is -3.78. The van der Waals surface area contributed by atoms with Gasteiger partial charge < -0.3 is 19.8 Å². The van der Waals surface area contributed by atoms with Crippen molar-refractivity contribution in [3.8, 4) is 11.5 Å². The van der Waals surface area contributed by atoms with E-state index in [1.165, 1.54) is 35.2 Å². The first-order valence-electron chi connectivity index (χ1n) is 10.5. The largest absolute Gasteiger partial charge is 0.494 e. The third-order valence-electron chi connectivity index (χ3n) is 5.00. The molecule has 1 amide bonds. The van der Waals surface area contributed by atoms with Gasteiger partial charge in [0.2, 0.25) is 5.91 Å². The molecule has 2 aromatic heterocycles. The van der Waals surface area contributed by atoms with Crippen LogP contribution < -0.4 is 14.8 Å². The van der Waals surface area contributed by atoms with E-state index in [1.54, 1.807) is 6.07 Å². The lowest BCUT2D eigenvalue weighted by Crippen LogP contribution is -2.27. The summed E-state index contributed by atoms with van der Waals surface area (Å²) in [5.74, 6) is 0.906. The number of H-pyrrole nitrogens is 1. The molecule has 0 spiro atoms. The number of hydrogen-bond donors (Lipinski definition) is 2. The standard InChI is InChI=1S/C23H22ClF2N3O3S2/c1-3-31-14-4-7-19-20(11-14)34-22(29-19)33-12-21(30)27-9-8-16-13(2)28-18-6-5-15(10-17(16)18)32-23(24,25)26/h4-7,10-11,28H,3,8-9,12H2,1-2H3,(H,27,30). The molecule has 0 aliphatic carbocycles. The maximum Gasteiger partial charge on any atom is 0.487 e. The second-order valence-electron chi connectivity index (χ2n) is 7.41. The Hall–Kier alpha value is -2.56. The van der Waals surface area contributed by atoms with Crippen LogP contribution in [-0.4, -0.2) is 40.3 Å². The number of carbonyl (C=O) groups excluding carboxylic acids is 1. The normalized spacial score (nSPS) is 11.8. The molecular weight excluding hydrogens is 504 g/mol. The van der Waals surface area contributed by atoms with Gasteiger partial charge in [0.1, 0.15) is 11.5 Å². The van der Waals surface area contributed by atoms with Crippen LogP contribution in [0.25, 0.3) is 21.1 Å². The molecule has 0 bridgehead atoms. The Morgan fingerprint density at radius 2 is 2.06 bits per heavy atom. The summed E-state index contributed by atoms with van der Waals surface area (Å²) in [6.07, 6.45) is 0.532. The zero-order valence-electron chi connectivity index (χ0n) is 18.4. The van der Waals surface area contributed by atoms with Crippen molar-refractivity contribution in [2.24, 2.45) is 0 Å². The molecule has 0 aliphatic heterocycles. The summed E-state index contributed by atoms with van der Waals surface area (Å²) in [4.78, 5) is 20.1. The van der Waals surface area contributed by atoms with E-state index in [2.05, 4.69) is 20.0 Å². The number of aromatic nitrogens is 2. The highest BCUT2D eigenvalue weighted by atomic mass is 35.5. The molecule has 0 atom stereocenters. The van der Waals surface area contributed by atoms with Gasteiger partial charge in [0.15, 0.2) is 4.34 Å². The van der Waals surface area contributed by atoms with Crippen molar-refractivity contribution in [2.45, 2.75) is 30.2 Å². The smallest absolute Gasteiger partial charge is 0.487 e. The predicted molar refractivity (Wildman–Crippen MR) is 133 cm³/mol. The van der Waals surface area contributed by atoms with Gasteiger partial charge in [-0.3, -0.25) is 4.79 Å². The minimum absolute atomic E-state index is 0.0302. The number of nitrogens with zero attached hydrogens (tertiary/aromatic N) is 1. The molecule has 2 aromatic carbocycles. The number of ether oxygens (including phenoxy) is 2. The van der Waals surface area contributed by atoms with Crippen molar-refractivity contribution in [3.63, 3.8) is 0 Å². The Morgan fingerprint density at radius 3 is 2.82 bits per heavy atom. The summed E-state index contributed by atoms with van der Waals surface area (Å²) in [6, 6.07) is 10.4. The van der Waals surface area contributed by atoms with Gasteiger partial charge in [0.25, 0.3) is 0 Å². The molecule has 0 unspecified atom stereocenters. The first kappa shape index (κ1) is 24.6. The molecule has 11 heteroatoms. The van der Waals surface area contributed by atoms with Crippen molar-refractivity contribution in [3.05, 3.63) is 47.7 Å². The topological polar surface area (TPSA) is 76.2 Å². The van der Waals surface area contributed by atoms with Crippen molar-refractivity contribution < 1.29 is 23.0 Å². The number of aryl methyl sites for hydroxylation is 1. The van der Waals surface area contributed by atoms with E-state index in [-0.39, 0.29) is 17.4 Å². The Labute approximate surface area is 208 Å². The average molecular weight is 526 g/mol. The van der Waals surface area contributed by atoms with E-state index < -0.39 is 5.57 Å². The molecule has 34 heavy (non-hydrogen) atoms.